The minimum absolute atomic E-state index is 0.0601. The molecule has 2 heterocycles. The van der Waals surface area contributed by atoms with E-state index in [-0.39, 0.29) is 11.5 Å². The number of rotatable bonds is 5. The molecule has 0 aliphatic heterocycles. The van der Waals surface area contributed by atoms with Crippen LogP contribution in [-0.2, 0) is 4.79 Å². The van der Waals surface area contributed by atoms with Gasteiger partial charge in [-0.3, -0.25) is 4.79 Å². The SMILES string of the molecule is O=C(C=C(O)/C=C/c1csc2ccccc12)/C=C/c1csc2ccccc12. The van der Waals surface area contributed by atoms with Crippen LogP contribution in [0, 0.1) is 0 Å². The molecule has 0 saturated heterocycles. The predicted octanol–water partition coefficient (Wildman–Crippen LogP) is 6.85. The molecule has 0 radical (unpaired) electrons. The van der Waals surface area contributed by atoms with Crippen LogP contribution in [0.5, 0.6) is 0 Å². The van der Waals surface area contributed by atoms with Crippen molar-refractivity contribution in [2.75, 3.05) is 0 Å². The number of aliphatic hydroxyl groups is 1. The maximum atomic E-state index is 12.1. The van der Waals surface area contributed by atoms with Crippen LogP contribution in [0.2, 0.25) is 0 Å². The van der Waals surface area contributed by atoms with E-state index in [1.165, 1.54) is 21.6 Å². The topological polar surface area (TPSA) is 37.3 Å². The summed E-state index contributed by atoms with van der Waals surface area (Å²) in [5.74, 6) is -0.308. The molecule has 0 aliphatic carbocycles. The molecule has 0 saturated carbocycles. The number of hydrogen-bond donors (Lipinski definition) is 1. The number of allylic oxidation sites excluding steroid dienone is 3. The van der Waals surface area contributed by atoms with Gasteiger partial charge in [-0.05, 0) is 69.1 Å². The Balaban J connectivity index is 1.48. The van der Waals surface area contributed by atoms with Crippen LogP contribution in [0.1, 0.15) is 11.1 Å². The highest BCUT2D eigenvalue weighted by atomic mass is 32.1. The molecule has 0 atom stereocenters. The molecule has 2 aromatic carbocycles. The number of carbonyl (C=O) groups is 1. The summed E-state index contributed by atoms with van der Waals surface area (Å²) in [6.45, 7) is 0. The first-order valence-corrected chi connectivity index (χ1v) is 10.2. The lowest BCUT2D eigenvalue weighted by Crippen LogP contribution is -1.88. The quantitative estimate of drug-likeness (QED) is 0.230. The first-order valence-electron chi connectivity index (χ1n) is 8.44. The van der Waals surface area contributed by atoms with E-state index in [2.05, 4.69) is 12.1 Å². The van der Waals surface area contributed by atoms with Crippen molar-refractivity contribution >= 4 is 60.8 Å². The number of benzene rings is 2. The van der Waals surface area contributed by atoms with Gasteiger partial charge in [0.1, 0.15) is 5.76 Å². The largest absolute Gasteiger partial charge is 0.508 e. The van der Waals surface area contributed by atoms with E-state index in [1.807, 2.05) is 53.2 Å². The smallest absolute Gasteiger partial charge is 0.182 e. The lowest BCUT2D eigenvalue weighted by atomic mass is 10.1. The van der Waals surface area contributed by atoms with Crippen molar-refractivity contribution in [1.29, 1.82) is 0 Å². The lowest BCUT2D eigenvalue weighted by Gasteiger charge is -1.93. The predicted molar refractivity (Wildman–Crippen MR) is 117 cm³/mol. The molecule has 0 fully saturated rings. The van der Waals surface area contributed by atoms with Gasteiger partial charge in [0.2, 0.25) is 0 Å². The van der Waals surface area contributed by atoms with E-state index in [0.29, 0.717) is 0 Å². The average molecular weight is 389 g/mol. The van der Waals surface area contributed by atoms with Crippen molar-refractivity contribution in [2.45, 2.75) is 0 Å². The summed E-state index contributed by atoms with van der Waals surface area (Å²) in [4.78, 5) is 12.1. The zero-order valence-electron chi connectivity index (χ0n) is 14.3. The van der Waals surface area contributed by atoms with E-state index >= 15 is 0 Å². The Morgan fingerprint density at radius 1 is 0.778 bits per heavy atom. The fraction of sp³-hybridized carbons (Fsp3) is 0. The highest BCUT2D eigenvalue weighted by Gasteiger charge is 2.02. The van der Waals surface area contributed by atoms with E-state index < -0.39 is 0 Å². The van der Waals surface area contributed by atoms with E-state index in [9.17, 15) is 9.90 Å². The Morgan fingerprint density at radius 2 is 1.30 bits per heavy atom. The third kappa shape index (κ3) is 3.92. The lowest BCUT2D eigenvalue weighted by molar-refractivity contribution is -0.110. The molecule has 4 heteroatoms. The number of thiophene rings is 2. The molecule has 0 unspecified atom stereocenters. The number of aliphatic hydroxyl groups excluding tert-OH is 1. The van der Waals surface area contributed by atoms with Gasteiger partial charge in [0, 0.05) is 15.5 Å². The summed E-state index contributed by atoms with van der Waals surface area (Å²) in [6.07, 6.45) is 7.89. The van der Waals surface area contributed by atoms with Crippen LogP contribution < -0.4 is 0 Å². The summed E-state index contributed by atoms with van der Waals surface area (Å²) in [6, 6.07) is 16.2. The van der Waals surface area contributed by atoms with Gasteiger partial charge in [-0.25, -0.2) is 0 Å². The summed E-state index contributed by atoms with van der Waals surface area (Å²) in [7, 11) is 0. The number of fused-ring (bicyclic) bond motifs is 2. The molecule has 0 amide bonds. The van der Waals surface area contributed by atoms with Crippen LogP contribution in [0.15, 0.2) is 83.3 Å². The molecule has 2 aromatic heterocycles. The number of hydrogen-bond acceptors (Lipinski definition) is 4. The third-order valence-electron chi connectivity index (χ3n) is 4.17. The normalized spacial score (nSPS) is 12.7. The Morgan fingerprint density at radius 3 is 1.89 bits per heavy atom. The maximum absolute atomic E-state index is 12.1. The van der Waals surface area contributed by atoms with Crippen LogP contribution in [0.25, 0.3) is 32.3 Å². The second kappa shape index (κ2) is 7.74. The van der Waals surface area contributed by atoms with Gasteiger partial charge in [-0.2, -0.15) is 0 Å². The van der Waals surface area contributed by atoms with Crippen LogP contribution in [0.3, 0.4) is 0 Å². The molecule has 4 rings (SSSR count). The van der Waals surface area contributed by atoms with Gasteiger partial charge in [0.25, 0.3) is 0 Å². The van der Waals surface area contributed by atoms with E-state index in [0.717, 1.165) is 21.9 Å². The molecular formula is C23H16O2S2. The Kier molecular flexibility index (Phi) is 5.01. The molecule has 0 aliphatic rings. The molecule has 0 spiro atoms. The van der Waals surface area contributed by atoms with Crippen LogP contribution >= 0.6 is 22.7 Å². The first-order chi connectivity index (χ1) is 13.2. The second-order valence-electron chi connectivity index (χ2n) is 6.01. The monoisotopic (exact) mass is 388 g/mol. The summed E-state index contributed by atoms with van der Waals surface area (Å²) in [5, 5.41) is 16.4. The maximum Gasteiger partial charge on any atom is 0.182 e. The van der Waals surface area contributed by atoms with Crippen molar-refractivity contribution in [3.05, 3.63) is 94.4 Å². The van der Waals surface area contributed by atoms with Gasteiger partial charge >= 0.3 is 0 Å². The fourth-order valence-corrected chi connectivity index (χ4v) is 4.70. The van der Waals surface area contributed by atoms with Gasteiger partial charge in [-0.15, -0.1) is 22.7 Å². The molecule has 0 bridgehead atoms. The van der Waals surface area contributed by atoms with Gasteiger partial charge in [0.05, 0.1) is 0 Å². The Hall–Kier alpha value is -2.95. The minimum Gasteiger partial charge on any atom is -0.508 e. The Labute approximate surface area is 165 Å². The molecule has 2 nitrogen and oxygen atoms in total. The molecular weight excluding hydrogens is 372 g/mol. The van der Waals surface area contributed by atoms with Crippen molar-refractivity contribution in [3.63, 3.8) is 0 Å². The first kappa shape index (κ1) is 17.5. The third-order valence-corrected chi connectivity index (χ3v) is 6.14. The van der Waals surface area contributed by atoms with Crippen molar-refractivity contribution < 1.29 is 9.90 Å². The molecule has 4 aromatic rings. The molecule has 132 valence electrons. The van der Waals surface area contributed by atoms with Crippen molar-refractivity contribution in [3.8, 4) is 0 Å². The van der Waals surface area contributed by atoms with Crippen LogP contribution in [0.4, 0.5) is 0 Å². The summed E-state index contributed by atoms with van der Waals surface area (Å²) in [5.41, 5.74) is 2.04. The summed E-state index contributed by atoms with van der Waals surface area (Å²) >= 11 is 3.31. The van der Waals surface area contributed by atoms with E-state index in [4.69, 9.17) is 0 Å². The molecule has 27 heavy (non-hydrogen) atoms. The van der Waals surface area contributed by atoms with E-state index in [1.54, 1.807) is 34.8 Å². The highest BCUT2D eigenvalue weighted by Crippen LogP contribution is 2.27. The fourth-order valence-electron chi connectivity index (χ4n) is 2.84. The highest BCUT2D eigenvalue weighted by molar-refractivity contribution is 7.17. The van der Waals surface area contributed by atoms with Gasteiger partial charge in [0.15, 0.2) is 5.78 Å². The van der Waals surface area contributed by atoms with Crippen molar-refractivity contribution in [1.82, 2.24) is 0 Å². The standard InChI is InChI=1S/C23H16O2S2/c24-18(11-9-16-14-26-22-7-3-1-5-20(16)22)13-19(25)12-10-17-15-27-23-8-4-2-6-21(17)23/h1-15,24H/b11-9+,12-10+,18-13?. The second-order valence-corrected chi connectivity index (χ2v) is 7.84. The van der Waals surface area contributed by atoms with Gasteiger partial charge in [-0.1, -0.05) is 36.4 Å². The zero-order chi connectivity index (χ0) is 18.6. The zero-order valence-corrected chi connectivity index (χ0v) is 16.0. The minimum atomic E-state index is -0.248. The van der Waals surface area contributed by atoms with Crippen molar-refractivity contribution in [2.24, 2.45) is 0 Å². The number of carbonyl (C=O) groups excluding carboxylic acids is 1. The van der Waals surface area contributed by atoms with Crippen LogP contribution in [-0.4, -0.2) is 10.9 Å². The summed E-state index contributed by atoms with van der Waals surface area (Å²) < 4.78 is 2.39. The Bertz CT molecular complexity index is 1210. The average Bonchev–Trinajstić information content (AvgIpc) is 3.29. The molecule has 1 N–H and O–H groups in total. The van der Waals surface area contributed by atoms with Gasteiger partial charge < -0.3 is 5.11 Å². The number of ketones is 1.